The molecule has 0 aromatic heterocycles. The summed E-state index contributed by atoms with van der Waals surface area (Å²) in [6, 6.07) is 0. The van der Waals surface area contributed by atoms with E-state index in [9.17, 15) is 4.79 Å². The third-order valence-electron chi connectivity index (χ3n) is 5.75. The minimum absolute atomic E-state index is 0.161. The van der Waals surface area contributed by atoms with Crippen LogP contribution in [0.15, 0.2) is 0 Å². The van der Waals surface area contributed by atoms with E-state index in [0.29, 0.717) is 18.0 Å². The van der Waals surface area contributed by atoms with Crippen LogP contribution < -0.4 is 0 Å². The normalized spacial score (nSPS) is 33.9. The summed E-state index contributed by atoms with van der Waals surface area (Å²) in [5.74, 6) is 0.470. The molecule has 2 nitrogen and oxygen atoms in total. The monoisotopic (exact) mass is 308 g/mol. The van der Waals surface area contributed by atoms with E-state index < -0.39 is 0 Å². The number of ether oxygens (including phenoxy) is 1. The molecule has 2 heteroatoms. The van der Waals surface area contributed by atoms with Gasteiger partial charge in [0.1, 0.15) is 5.78 Å². The molecule has 0 aromatic rings. The third kappa shape index (κ3) is 5.08. The maximum Gasteiger partial charge on any atom is 0.144 e. The van der Waals surface area contributed by atoms with Gasteiger partial charge in [0.2, 0.25) is 0 Å². The van der Waals surface area contributed by atoms with Crippen LogP contribution in [0.1, 0.15) is 98.3 Å². The molecule has 2 atom stereocenters. The lowest BCUT2D eigenvalue weighted by Crippen LogP contribution is -2.37. The molecule has 1 heterocycles. The molecule has 0 aromatic carbocycles. The van der Waals surface area contributed by atoms with Crippen LogP contribution >= 0.6 is 0 Å². The average molecular weight is 309 g/mol. The second kappa shape index (κ2) is 7.47. The van der Waals surface area contributed by atoms with Crippen molar-refractivity contribution in [3.63, 3.8) is 0 Å². The van der Waals surface area contributed by atoms with Crippen LogP contribution in [0.5, 0.6) is 0 Å². The summed E-state index contributed by atoms with van der Waals surface area (Å²) < 4.78 is 5.78. The zero-order valence-corrected chi connectivity index (χ0v) is 15.2. The molecule has 1 aliphatic carbocycles. The van der Waals surface area contributed by atoms with Crippen molar-refractivity contribution in [2.45, 2.75) is 111 Å². The lowest BCUT2D eigenvalue weighted by molar-refractivity contribution is -0.136. The summed E-state index contributed by atoms with van der Waals surface area (Å²) >= 11 is 0. The molecule has 2 fully saturated rings. The summed E-state index contributed by atoms with van der Waals surface area (Å²) in [5, 5.41) is 0. The van der Waals surface area contributed by atoms with E-state index in [1.54, 1.807) is 0 Å². The number of Topliss-reactive ketones (excluding diaryl/α,β-unsaturated/α-hetero) is 1. The van der Waals surface area contributed by atoms with E-state index in [1.165, 1.54) is 57.8 Å². The van der Waals surface area contributed by atoms with Gasteiger partial charge in [0.05, 0.1) is 12.2 Å². The Bertz CT molecular complexity index is 370. The highest BCUT2D eigenvalue weighted by Crippen LogP contribution is 2.38. The SMILES string of the molecule is CC1(C)CCCCCCC2OC2CCCCCC(C)(C)C1=O. The second-order valence-corrected chi connectivity index (χ2v) is 8.86. The second-order valence-electron chi connectivity index (χ2n) is 8.86. The first-order valence-corrected chi connectivity index (χ1v) is 9.53. The molecular weight excluding hydrogens is 272 g/mol. The quantitative estimate of drug-likeness (QED) is 0.539. The van der Waals surface area contributed by atoms with Gasteiger partial charge in [-0.1, -0.05) is 72.6 Å². The van der Waals surface area contributed by atoms with Crippen LogP contribution in [0.3, 0.4) is 0 Å². The van der Waals surface area contributed by atoms with E-state index in [1.807, 2.05) is 0 Å². The van der Waals surface area contributed by atoms with Crippen molar-refractivity contribution in [3.8, 4) is 0 Å². The van der Waals surface area contributed by atoms with Gasteiger partial charge < -0.3 is 4.74 Å². The number of carbonyl (C=O) groups excluding carboxylic acids is 1. The minimum Gasteiger partial charge on any atom is -0.370 e. The first-order valence-electron chi connectivity index (χ1n) is 9.53. The van der Waals surface area contributed by atoms with Crippen LogP contribution in [0.25, 0.3) is 0 Å². The molecule has 2 rings (SSSR count). The van der Waals surface area contributed by atoms with Crippen molar-refractivity contribution < 1.29 is 9.53 Å². The van der Waals surface area contributed by atoms with Crippen LogP contribution in [0.2, 0.25) is 0 Å². The van der Waals surface area contributed by atoms with E-state index in [2.05, 4.69) is 27.7 Å². The number of fused-ring (bicyclic) bond motifs is 1. The number of hydrogen-bond acceptors (Lipinski definition) is 2. The maximum atomic E-state index is 12.9. The summed E-state index contributed by atoms with van der Waals surface area (Å²) in [6.45, 7) is 8.62. The number of hydrogen-bond donors (Lipinski definition) is 0. The summed E-state index contributed by atoms with van der Waals surface area (Å²) in [4.78, 5) is 12.9. The Morgan fingerprint density at radius 3 is 1.64 bits per heavy atom. The fourth-order valence-electron chi connectivity index (χ4n) is 4.19. The molecule has 0 spiro atoms. The van der Waals surface area contributed by atoms with Crippen molar-refractivity contribution in [2.24, 2.45) is 10.8 Å². The first kappa shape index (κ1) is 18.0. The fourth-order valence-corrected chi connectivity index (χ4v) is 4.19. The molecule has 0 amide bonds. The molecule has 1 aliphatic heterocycles. The number of rotatable bonds is 0. The van der Waals surface area contributed by atoms with Crippen LogP contribution in [-0.2, 0) is 9.53 Å². The lowest BCUT2D eigenvalue weighted by Gasteiger charge is -2.33. The molecule has 1 saturated carbocycles. The zero-order valence-electron chi connectivity index (χ0n) is 15.2. The number of carbonyl (C=O) groups is 1. The van der Waals surface area contributed by atoms with Gasteiger partial charge in [0, 0.05) is 10.8 Å². The molecule has 128 valence electrons. The minimum atomic E-state index is -0.167. The molecule has 0 N–H and O–H groups in total. The van der Waals surface area contributed by atoms with Gasteiger partial charge in [0.15, 0.2) is 0 Å². The van der Waals surface area contributed by atoms with E-state index in [4.69, 9.17) is 4.74 Å². The Balaban J connectivity index is 1.90. The molecule has 2 unspecified atom stereocenters. The third-order valence-corrected chi connectivity index (χ3v) is 5.75. The largest absolute Gasteiger partial charge is 0.370 e. The molecule has 1 saturated heterocycles. The molecular formula is C20H36O2. The van der Waals surface area contributed by atoms with Gasteiger partial charge in [-0.15, -0.1) is 0 Å². The highest BCUT2D eigenvalue weighted by Gasteiger charge is 2.39. The van der Waals surface area contributed by atoms with E-state index in [-0.39, 0.29) is 10.8 Å². The maximum absolute atomic E-state index is 12.9. The van der Waals surface area contributed by atoms with Crippen molar-refractivity contribution in [3.05, 3.63) is 0 Å². The van der Waals surface area contributed by atoms with Gasteiger partial charge in [0.25, 0.3) is 0 Å². The molecule has 2 aliphatic rings. The molecule has 0 radical (unpaired) electrons. The van der Waals surface area contributed by atoms with E-state index >= 15 is 0 Å². The summed E-state index contributed by atoms with van der Waals surface area (Å²) in [7, 11) is 0. The molecule has 22 heavy (non-hydrogen) atoms. The lowest BCUT2D eigenvalue weighted by atomic mass is 9.69. The Labute approximate surface area is 137 Å². The van der Waals surface area contributed by atoms with Gasteiger partial charge in [-0.05, 0) is 25.7 Å². The van der Waals surface area contributed by atoms with Crippen LogP contribution in [0.4, 0.5) is 0 Å². The van der Waals surface area contributed by atoms with Crippen molar-refractivity contribution in [2.75, 3.05) is 0 Å². The number of epoxide rings is 1. The Morgan fingerprint density at radius 1 is 0.727 bits per heavy atom. The van der Waals surface area contributed by atoms with Gasteiger partial charge in [-0.2, -0.15) is 0 Å². The van der Waals surface area contributed by atoms with Crippen LogP contribution in [0, 0.1) is 10.8 Å². The summed E-state index contributed by atoms with van der Waals surface area (Å²) in [5.41, 5.74) is -0.329. The first-order chi connectivity index (χ1) is 10.3. The Hall–Kier alpha value is -0.370. The van der Waals surface area contributed by atoms with Gasteiger partial charge in [-0.3, -0.25) is 4.79 Å². The fraction of sp³-hybridized carbons (Fsp3) is 0.950. The predicted molar refractivity (Wildman–Crippen MR) is 92.0 cm³/mol. The predicted octanol–water partition coefficient (Wildman–Crippen LogP) is 5.68. The Morgan fingerprint density at radius 2 is 1.14 bits per heavy atom. The van der Waals surface area contributed by atoms with Gasteiger partial charge >= 0.3 is 0 Å². The van der Waals surface area contributed by atoms with Crippen molar-refractivity contribution in [1.82, 2.24) is 0 Å². The zero-order chi connectivity index (χ0) is 16.2. The van der Waals surface area contributed by atoms with Crippen molar-refractivity contribution >= 4 is 5.78 Å². The standard InChI is InChI=1S/C20H36O2/c1-19(2)14-10-6-5-8-12-16-17(22-16)13-9-7-11-15-20(3,4)18(19)21/h16-17H,5-15H2,1-4H3. The number of ketones is 1. The highest BCUT2D eigenvalue weighted by molar-refractivity contribution is 5.89. The Kier molecular flexibility index (Phi) is 6.10. The van der Waals surface area contributed by atoms with Gasteiger partial charge in [-0.25, -0.2) is 0 Å². The topological polar surface area (TPSA) is 29.6 Å². The highest BCUT2D eigenvalue weighted by atomic mass is 16.6. The average Bonchev–Trinajstić information content (AvgIpc) is 3.19. The van der Waals surface area contributed by atoms with E-state index in [0.717, 1.165) is 12.8 Å². The van der Waals surface area contributed by atoms with Crippen LogP contribution in [-0.4, -0.2) is 18.0 Å². The summed E-state index contributed by atoms with van der Waals surface area (Å²) in [6.07, 6.45) is 14.4. The smallest absolute Gasteiger partial charge is 0.144 e. The van der Waals surface area contributed by atoms with Crippen molar-refractivity contribution in [1.29, 1.82) is 0 Å². The molecule has 0 bridgehead atoms.